The number of alkyl halides is 1. The van der Waals surface area contributed by atoms with Crippen LogP contribution in [0.5, 0.6) is 0 Å². The minimum Gasteiger partial charge on any atom is -0.348 e. The van der Waals surface area contributed by atoms with Crippen molar-refractivity contribution in [1.82, 2.24) is 4.98 Å². The molecule has 0 aromatic carbocycles. The zero-order chi connectivity index (χ0) is 14.0. The van der Waals surface area contributed by atoms with Gasteiger partial charge in [-0.25, -0.2) is 4.98 Å². The van der Waals surface area contributed by atoms with Crippen molar-refractivity contribution in [1.29, 1.82) is 0 Å². The van der Waals surface area contributed by atoms with E-state index in [1.54, 1.807) is 11.3 Å². The Morgan fingerprint density at radius 3 is 2.63 bits per heavy atom. The van der Waals surface area contributed by atoms with Gasteiger partial charge in [-0.15, -0.1) is 11.6 Å². The van der Waals surface area contributed by atoms with Crippen molar-refractivity contribution in [3.8, 4) is 0 Å². The molecule has 1 fully saturated rings. The van der Waals surface area contributed by atoms with Crippen LogP contribution in [0.2, 0.25) is 5.15 Å². The number of rotatable bonds is 2. The molecule has 0 radical (unpaired) electrons. The van der Waals surface area contributed by atoms with Crippen LogP contribution in [0.4, 0.5) is 5.13 Å². The zero-order valence-corrected chi connectivity index (χ0v) is 14.2. The second kappa shape index (κ2) is 6.19. The lowest BCUT2D eigenvalue weighted by atomic mass is 9.77. The van der Waals surface area contributed by atoms with Gasteiger partial charge < -0.3 is 4.90 Å². The molecule has 19 heavy (non-hydrogen) atoms. The van der Waals surface area contributed by atoms with Crippen LogP contribution in [0.3, 0.4) is 0 Å². The first-order valence-corrected chi connectivity index (χ1v) is 8.61. The van der Waals surface area contributed by atoms with Crippen molar-refractivity contribution >= 4 is 39.7 Å². The van der Waals surface area contributed by atoms with Crippen LogP contribution in [-0.4, -0.2) is 18.1 Å². The van der Waals surface area contributed by atoms with E-state index >= 15 is 0 Å². The highest BCUT2D eigenvalue weighted by atomic mass is 35.5. The third-order valence-electron chi connectivity index (χ3n) is 3.98. The largest absolute Gasteiger partial charge is 0.348 e. The number of anilines is 1. The fourth-order valence-electron chi connectivity index (χ4n) is 2.69. The second-order valence-electron chi connectivity index (χ2n) is 6.32. The lowest BCUT2D eigenvalue weighted by molar-refractivity contribution is 0.220. The molecule has 1 aromatic rings. The molecule has 1 atom stereocenters. The van der Waals surface area contributed by atoms with E-state index in [4.69, 9.17) is 23.2 Å². The number of aromatic nitrogens is 1. The number of thiazole rings is 1. The summed E-state index contributed by atoms with van der Waals surface area (Å²) in [6.45, 7) is 9.20. The minimum atomic E-state index is 0.401. The lowest BCUT2D eigenvalue weighted by Gasteiger charge is -2.29. The van der Waals surface area contributed by atoms with E-state index in [1.807, 2.05) is 0 Å². The highest BCUT2D eigenvalue weighted by molar-refractivity contribution is 7.16. The van der Waals surface area contributed by atoms with Gasteiger partial charge in [0.15, 0.2) is 5.13 Å². The molecule has 1 saturated heterocycles. The standard InChI is InChI=1S/C14H22Cl2N2S/c1-14(2,3)10-5-4-7-18(8-6-10)13-17-12(16)11(9-15)19-13/h10H,4-9H2,1-3H3. The number of hydrogen-bond donors (Lipinski definition) is 0. The first kappa shape index (κ1) is 15.4. The van der Waals surface area contributed by atoms with E-state index in [0.717, 1.165) is 29.0 Å². The Morgan fingerprint density at radius 1 is 1.32 bits per heavy atom. The van der Waals surface area contributed by atoms with Gasteiger partial charge in [-0.2, -0.15) is 0 Å². The molecule has 0 aliphatic carbocycles. The van der Waals surface area contributed by atoms with E-state index in [-0.39, 0.29) is 0 Å². The predicted molar refractivity (Wildman–Crippen MR) is 85.7 cm³/mol. The van der Waals surface area contributed by atoms with Crippen LogP contribution in [0.25, 0.3) is 0 Å². The van der Waals surface area contributed by atoms with Gasteiger partial charge in [0.25, 0.3) is 0 Å². The normalized spacial score (nSPS) is 21.5. The van der Waals surface area contributed by atoms with Crippen molar-refractivity contribution in [3.63, 3.8) is 0 Å². The van der Waals surface area contributed by atoms with Crippen molar-refractivity contribution in [2.45, 2.75) is 45.9 Å². The van der Waals surface area contributed by atoms with E-state index < -0.39 is 0 Å². The average Bonchev–Trinajstić information content (AvgIpc) is 2.57. The van der Waals surface area contributed by atoms with Crippen LogP contribution in [-0.2, 0) is 5.88 Å². The highest BCUT2D eigenvalue weighted by Gasteiger charge is 2.28. The average molecular weight is 321 g/mol. The van der Waals surface area contributed by atoms with E-state index in [0.29, 0.717) is 16.4 Å². The number of hydrogen-bond acceptors (Lipinski definition) is 3. The van der Waals surface area contributed by atoms with Crippen molar-refractivity contribution < 1.29 is 0 Å². The van der Waals surface area contributed by atoms with E-state index in [9.17, 15) is 0 Å². The zero-order valence-electron chi connectivity index (χ0n) is 11.9. The number of halogens is 2. The fraction of sp³-hybridized carbons (Fsp3) is 0.786. The lowest BCUT2D eigenvalue weighted by Crippen LogP contribution is -2.25. The molecule has 2 nitrogen and oxygen atoms in total. The van der Waals surface area contributed by atoms with Crippen molar-refractivity contribution in [2.24, 2.45) is 11.3 Å². The van der Waals surface area contributed by atoms with Gasteiger partial charge in [0, 0.05) is 13.1 Å². The summed E-state index contributed by atoms with van der Waals surface area (Å²) in [4.78, 5) is 7.81. The van der Waals surface area contributed by atoms with Crippen molar-refractivity contribution in [3.05, 3.63) is 10.0 Å². The SMILES string of the molecule is CC(C)(C)C1CCCN(c2nc(Cl)c(CCl)s2)CC1. The van der Waals surface area contributed by atoms with E-state index in [1.165, 1.54) is 19.3 Å². The van der Waals surface area contributed by atoms with Crippen molar-refractivity contribution in [2.75, 3.05) is 18.0 Å². The summed E-state index contributed by atoms with van der Waals surface area (Å²) in [6.07, 6.45) is 3.77. The first-order chi connectivity index (χ1) is 8.91. The Kier molecular flexibility index (Phi) is 5.02. The maximum Gasteiger partial charge on any atom is 0.187 e. The molecule has 1 aliphatic heterocycles. The number of nitrogens with zero attached hydrogens (tertiary/aromatic N) is 2. The molecule has 2 heterocycles. The Balaban J connectivity index is 2.06. The summed E-state index contributed by atoms with van der Waals surface area (Å²) in [6, 6.07) is 0. The molecule has 0 spiro atoms. The molecule has 1 aliphatic rings. The predicted octanol–water partition coefficient (Wildman–Crippen LogP) is 5.19. The monoisotopic (exact) mass is 320 g/mol. The molecular weight excluding hydrogens is 299 g/mol. The Morgan fingerprint density at radius 2 is 2.05 bits per heavy atom. The third-order valence-corrected chi connectivity index (χ3v) is 5.95. The second-order valence-corrected chi connectivity index (χ2v) is 8.01. The summed E-state index contributed by atoms with van der Waals surface area (Å²) in [5.41, 5.74) is 0.401. The minimum absolute atomic E-state index is 0.401. The van der Waals surface area contributed by atoms with Crippen LogP contribution >= 0.6 is 34.5 Å². The Hall–Kier alpha value is 0.01000. The van der Waals surface area contributed by atoms with Gasteiger partial charge in [-0.05, 0) is 30.6 Å². The molecule has 0 saturated carbocycles. The first-order valence-electron chi connectivity index (χ1n) is 6.88. The summed E-state index contributed by atoms with van der Waals surface area (Å²) in [5.74, 6) is 1.25. The Labute approximate surface area is 130 Å². The van der Waals surface area contributed by atoms with Gasteiger partial charge in [0.1, 0.15) is 5.15 Å². The molecule has 1 unspecified atom stereocenters. The van der Waals surface area contributed by atoms with Gasteiger partial charge in [-0.3, -0.25) is 0 Å². The van der Waals surface area contributed by atoms with Gasteiger partial charge in [0.2, 0.25) is 0 Å². The van der Waals surface area contributed by atoms with Gasteiger partial charge in [0.05, 0.1) is 10.8 Å². The molecular formula is C14H22Cl2N2S. The summed E-state index contributed by atoms with van der Waals surface area (Å²) in [7, 11) is 0. The van der Waals surface area contributed by atoms with Gasteiger partial charge >= 0.3 is 0 Å². The molecule has 1 aromatic heterocycles. The van der Waals surface area contributed by atoms with Gasteiger partial charge in [-0.1, -0.05) is 43.7 Å². The molecule has 0 N–H and O–H groups in total. The highest BCUT2D eigenvalue weighted by Crippen LogP contribution is 2.37. The third kappa shape index (κ3) is 3.77. The van der Waals surface area contributed by atoms with Crippen LogP contribution < -0.4 is 4.90 Å². The molecule has 0 bridgehead atoms. The van der Waals surface area contributed by atoms with Crippen LogP contribution in [0.1, 0.15) is 44.9 Å². The maximum absolute atomic E-state index is 6.09. The molecule has 108 valence electrons. The van der Waals surface area contributed by atoms with E-state index in [2.05, 4.69) is 30.7 Å². The fourth-order valence-corrected chi connectivity index (χ4v) is 4.22. The summed E-state index contributed by atoms with van der Waals surface area (Å²) < 4.78 is 0. The topological polar surface area (TPSA) is 16.1 Å². The Bertz CT molecular complexity index is 426. The summed E-state index contributed by atoms with van der Waals surface area (Å²) in [5, 5.41) is 1.61. The molecule has 2 rings (SSSR count). The van der Waals surface area contributed by atoms with Crippen LogP contribution in [0, 0.1) is 11.3 Å². The summed E-state index contributed by atoms with van der Waals surface area (Å²) >= 11 is 13.6. The quantitative estimate of drug-likeness (QED) is 0.697. The molecule has 5 heteroatoms. The molecule has 0 amide bonds. The maximum atomic E-state index is 6.09. The smallest absolute Gasteiger partial charge is 0.187 e. The van der Waals surface area contributed by atoms with Crippen LogP contribution in [0.15, 0.2) is 0 Å².